The van der Waals surface area contributed by atoms with Crippen LogP contribution in [0.3, 0.4) is 0 Å². The van der Waals surface area contributed by atoms with Crippen LogP contribution in [-0.4, -0.2) is 11.8 Å². The Morgan fingerprint density at radius 3 is 2.42 bits per heavy atom. The first-order chi connectivity index (χ1) is 12.6. The molecule has 5 atom stereocenters. The highest BCUT2D eigenvalue weighted by Gasteiger charge is 2.64. The lowest BCUT2D eigenvalue weighted by Gasteiger charge is -2.28. The Kier molecular flexibility index (Phi) is 3.51. The summed E-state index contributed by atoms with van der Waals surface area (Å²) in [5.41, 5.74) is 2.86. The van der Waals surface area contributed by atoms with Gasteiger partial charge in [-0.3, -0.25) is 9.59 Å². The number of imide groups is 1. The molecule has 3 nitrogen and oxygen atoms in total. The number of hydrogen-bond donors (Lipinski definition) is 0. The van der Waals surface area contributed by atoms with Crippen LogP contribution in [0.4, 0.5) is 5.69 Å². The lowest BCUT2D eigenvalue weighted by molar-refractivity contribution is -0.123. The topological polar surface area (TPSA) is 37.4 Å². The Balaban J connectivity index is 1.50. The normalized spacial score (nSPS) is 32.4. The third-order valence-electron chi connectivity index (χ3n) is 6.66. The molecule has 2 saturated carbocycles. The summed E-state index contributed by atoms with van der Waals surface area (Å²) < 4.78 is 0. The fourth-order valence-corrected chi connectivity index (χ4v) is 5.69. The predicted octanol–water partition coefficient (Wildman–Crippen LogP) is 4.58. The van der Waals surface area contributed by atoms with Crippen molar-refractivity contribution in [1.82, 2.24) is 0 Å². The minimum absolute atomic E-state index is 0.0288. The summed E-state index contributed by atoms with van der Waals surface area (Å²) in [6.07, 6.45) is 2.01. The van der Waals surface area contributed by atoms with Gasteiger partial charge in [-0.15, -0.1) is 0 Å². The van der Waals surface area contributed by atoms with E-state index in [2.05, 4.69) is 24.3 Å². The molecule has 5 rings (SSSR count). The first kappa shape index (κ1) is 16.1. The first-order valence-electron chi connectivity index (χ1n) is 9.25. The van der Waals surface area contributed by atoms with Gasteiger partial charge < -0.3 is 0 Å². The van der Waals surface area contributed by atoms with Gasteiger partial charge in [0, 0.05) is 5.02 Å². The monoisotopic (exact) mass is 365 g/mol. The van der Waals surface area contributed by atoms with E-state index in [1.54, 1.807) is 6.07 Å². The number of amides is 2. The fraction of sp³-hybridized carbons (Fsp3) is 0.364. The summed E-state index contributed by atoms with van der Waals surface area (Å²) in [4.78, 5) is 27.7. The standard InChI is InChI=1S/C22H20ClNO2/c1-12-7-8-15(11-18(12)23)24-21(25)19-14-9-16(13-5-3-2-4-6-13)17(10-14)20(19)22(24)26/h2-8,11,14,16-17,19-20H,9-10H2,1H3. The number of nitrogens with zero attached hydrogens (tertiary/aromatic N) is 1. The van der Waals surface area contributed by atoms with Crippen molar-refractivity contribution in [3.63, 3.8) is 0 Å². The molecule has 5 unspecified atom stereocenters. The molecule has 0 aromatic heterocycles. The highest BCUT2D eigenvalue weighted by atomic mass is 35.5. The summed E-state index contributed by atoms with van der Waals surface area (Å²) in [7, 11) is 0. The average molecular weight is 366 g/mol. The summed E-state index contributed by atoms with van der Waals surface area (Å²) >= 11 is 6.23. The number of benzene rings is 2. The minimum atomic E-state index is -0.175. The molecule has 1 aliphatic heterocycles. The molecule has 132 valence electrons. The number of aryl methyl sites for hydroxylation is 1. The molecule has 1 saturated heterocycles. The second kappa shape index (κ2) is 5.68. The number of halogens is 1. The summed E-state index contributed by atoms with van der Waals surface area (Å²) in [6, 6.07) is 15.9. The zero-order chi connectivity index (χ0) is 18.0. The van der Waals surface area contributed by atoms with Gasteiger partial charge in [0.25, 0.3) is 0 Å². The van der Waals surface area contributed by atoms with Gasteiger partial charge in [-0.05, 0) is 60.8 Å². The van der Waals surface area contributed by atoms with Crippen LogP contribution in [0.5, 0.6) is 0 Å². The zero-order valence-corrected chi connectivity index (χ0v) is 15.3. The molecular formula is C22H20ClNO2. The van der Waals surface area contributed by atoms with Crippen molar-refractivity contribution in [3.8, 4) is 0 Å². The molecule has 2 aromatic carbocycles. The third kappa shape index (κ3) is 2.13. The van der Waals surface area contributed by atoms with Crippen LogP contribution in [0.15, 0.2) is 48.5 Å². The SMILES string of the molecule is Cc1ccc(N2C(=O)C3C4CC(c5ccccc5)C(C4)C3C2=O)cc1Cl. The number of rotatable bonds is 2. The number of anilines is 1. The van der Waals surface area contributed by atoms with E-state index in [4.69, 9.17) is 11.6 Å². The first-order valence-corrected chi connectivity index (χ1v) is 9.63. The maximum atomic E-state index is 13.2. The van der Waals surface area contributed by atoms with Gasteiger partial charge in [0.2, 0.25) is 11.8 Å². The number of carbonyl (C=O) groups is 2. The van der Waals surface area contributed by atoms with Crippen LogP contribution in [-0.2, 0) is 9.59 Å². The summed E-state index contributed by atoms with van der Waals surface area (Å²) in [5, 5.41) is 0.588. The van der Waals surface area contributed by atoms with E-state index in [-0.39, 0.29) is 29.6 Å². The smallest absolute Gasteiger partial charge is 0.237 e. The summed E-state index contributed by atoms with van der Waals surface area (Å²) in [6.45, 7) is 1.92. The molecule has 2 amide bonds. The van der Waals surface area contributed by atoms with E-state index in [9.17, 15) is 9.59 Å². The van der Waals surface area contributed by atoms with Crippen molar-refractivity contribution in [2.24, 2.45) is 23.7 Å². The largest absolute Gasteiger partial charge is 0.274 e. The molecule has 3 fully saturated rings. The highest BCUT2D eigenvalue weighted by Crippen LogP contribution is 2.61. The fourth-order valence-electron chi connectivity index (χ4n) is 5.52. The average Bonchev–Trinajstić information content (AvgIpc) is 3.30. The minimum Gasteiger partial charge on any atom is -0.274 e. The van der Waals surface area contributed by atoms with E-state index in [0.29, 0.717) is 22.5 Å². The molecule has 2 aliphatic carbocycles. The Bertz CT molecular complexity index is 910. The van der Waals surface area contributed by atoms with E-state index < -0.39 is 0 Å². The second-order valence-corrected chi connectivity index (χ2v) is 8.32. The lowest BCUT2D eigenvalue weighted by Crippen LogP contribution is -2.33. The lowest BCUT2D eigenvalue weighted by atomic mass is 9.73. The van der Waals surface area contributed by atoms with Crippen LogP contribution in [0.1, 0.15) is 29.9 Å². The maximum Gasteiger partial charge on any atom is 0.237 e. The van der Waals surface area contributed by atoms with Crippen molar-refractivity contribution in [3.05, 3.63) is 64.7 Å². The number of carbonyl (C=O) groups excluding carboxylic acids is 2. The Morgan fingerprint density at radius 1 is 0.962 bits per heavy atom. The van der Waals surface area contributed by atoms with Crippen LogP contribution in [0.25, 0.3) is 0 Å². The van der Waals surface area contributed by atoms with Gasteiger partial charge in [0.1, 0.15) is 0 Å². The van der Waals surface area contributed by atoms with Gasteiger partial charge in [-0.1, -0.05) is 48.0 Å². The van der Waals surface area contributed by atoms with E-state index in [0.717, 1.165) is 18.4 Å². The van der Waals surface area contributed by atoms with Crippen molar-refractivity contribution in [2.75, 3.05) is 4.90 Å². The van der Waals surface area contributed by atoms with Crippen LogP contribution < -0.4 is 4.90 Å². The second-order valence-electron chi connectivity index (χ2n) is 7.91. The molecule has 3 aliphatic rings. The van der Waals surface area contributed by atoms with E-state index in [1.165, 1.54) is 10.5 Å². The van der Waals surface area contributed by atoms with Gasteiger partial charge >= 0.3 is 0 Å². The van der Waals surface area contributed by atoms with Crippen molar-refractivity contribution in [2.45, 2.75) is 25.7 Å². The number of fused-ring (bicyclic) bond motifs is 5. The number of hydrogen-bond acceptors (Lipinski definition) is 2. The van der Waals surface area contributed by atoms with Crippen molar-refractivity contribution >= 4 is 29.1 Å². The van der Waals surface area contributed by atoms with Gasteiger partial charge in [0.15, 0.2) is 0 Å². The van der Waals surface area contributed by atoms with Crippen LogP contribution in [0.2, 0.25) is 5.02 Å². The molecule has 2 aromatic rings. The highest BCUT2D eigenvalue weighted by molar-refractivity contribution is 6.32. The Labute approximate surface area is 158 Å². The van der Waals surface area contributed by atoms with Gasteiger partial charge in [-0.25, -0.2) is 4.90 Å². The van der Waals surface area contributed by atoms with Crippen LogP contribution >= 0.6 is 11.6 Å². The maximum absolute atomic E-state index is 13.2. The van der Waals surface area contributed by atoms with Crippen LogP contribution in [0, 0.1) is 30.6 Å². The quantitative estimate of drug-likeness (QED) is 0.730. The molecule has 4 heteroatoms. The predicted molar refractivity (Wildman–Crippen MR) is 101 cm³/mol. The van der Waals surface area contributed by atoms with Crippen molar-refractivity contribution in [1.29, 1.82) is 0 Å². The third-order valence-corrected chi connectivity index (χ3v) is 7.06. The van der Waals surface area contributed by atoms with Gasteiger partial charge in [-0.2, -0.15) is 0 Å². The van der Waals surface area contributed by atoms with Gasteiger partial charge in [0.05, 0.1) is 17.5 Å². The molecule has 0 spiro atoms. The van der Waals surface area contributed by atoms with E-state index in [1.807, 2.05) is 25.1 Å². The summed E-state index contributed by atoms with van der Waals surface area (Å²) in [5.74, 6) is 0.596. The molecule has 2 bridgehead atoms. The molecular weight excluding hydrogens is 346 g/mol. The zero-order valence-electron chi connectivity index (χ0n) is 14.6. The van der Waals surface area contributed by atoms with E-state index >= 15 is 0 Å². The Hall–Kier alpha value is -2.13. The van der Waals surface area contributed by atoms with Crippen molar-refractivity contribution < 1.29 is 9.59 Å². The molecule has 26 heavy (non-hydrogen) atoms. The molecule has 1 heterocycles. The molecule has 0 radical (unpaired) electrons. The molecule has 0 N–H and O–H groups in total. The Morgan fingerprint density at radius 2 is 1.69 bits per heavy atom.